The number of rotatable bonds is 17. The van der Waals surface area contributed by atoms with Gasteiger partial charge in [0.25, 0.3) is 16.8 Å². The van der Waals surface area contributed by atoms with Crippen molar-refractivity contribution in [3.63, 3.8) is 0 Å². The number of anilines is 2. The van der Waals surface area contributed by atoms with Gasteiger partial charge in [-0.25, -0.2) is 28.6 Å². The first-order chi connectivity index (χ1) is 30.9. The molecule has 0 bridgehead atoms. The minimum absolute atomic E-state index is 0.0154. The first-order valence-corrected chi connectivity index (χ1v) is 18.7. The van der Waals surface area contributed by atoms with Gasteiger partial charge in [-0.1, -0.05) is 20.4 Å². The molecule has 65 heavy (non-hydrogen) atoms. The fraction of sp³-hybridized carbons (Fsp3) is 0.154. The van der Waals surface area contributed by atoms with E-state index in [1.54, 1.807) is 13.0 Å². The lowest BCUT2D eigenvalue weighted by atomic mass is 10.1. The Labute approximate surface area is 368 Å². The summed E-state index contributed by atoms with van der Waals surface area (Å²) in [6.07, 6.45) is -0.0698. The number of aromatic hydroxyl groups is 2. The summed E-state index contributed by atoms with van der Waals surface area (Å²) in [6.45, 7) is 13.8. The van der Waals surface area contributed by atoms with Gasteiger partial charge in [-0.3, -0.25) is 14.2 Å². The normalized spacial score (nSPS) is 11.0. The number of aromatic carboxylic acids is 4. The van der Waals surface area contributed by atoms with Gasteiger partial charge >= 0.3 is 23.9 Å². The number of azo groups is 2. The highest BCUT2D eigenvalue weighted by Crippen LogP contribution is 2.37. The van der Waals surface area contributed by atoms with Crippen molar-refractivity contribution >= 4 is 81.6 Å². The molecule has 0 fully saturated rings. The van der Waals surface area contributed by atoms with Crippen LogP contribution in [0.25, 0.3) is 10.7 Å². The van der Waals surface area contributed by atoms with E-state index in [9.17, 15) is 64.7 Å². The number of hydrogen-bond acceptors (Lipinski definition) is 18. The van der Waals surface area contributed by atoms with Gasteiger partial charge in [0, 0.05) is 18.7 Å². The molecule has 8 N–H and O–H groups in total. The third kappa shape index (κ3) is 9.75. The van der Waals surface area contributed by atoms with Gasteiger partial charge in [0.2, 0.25) is 28.9 Å². The van der Waals surface area contributed by atoms with Crippen LogP contribution in [0, 0.1) is 17.9 Å². The second-order valence-electron chi connectivity index (χ2n) is 12.9. The SMILES string of the molecule is [C-]#[N+]c1c(CC)c(N=Nc2cc(C(=O)O)ccc2C(=O)O)c(=O)n(C(=C)Nc2nc(Cl)nc(NCCn3c(O)c(C#N)c(CC)c(N=Nc4cc(C(=O)O)ccc4C(=O)O)c3=O)n2)c1O. The molecule has 0 unspecified atom stereocenters. The van der Waals surface area contributed by atoms with E-state index in [2.05, 4.69) is 57.5 Å². The van der Waals surface area contributed by atoms with Crippen LogP contribution in [-0.2, 0) is 19.4 Å². The number of nitriles is 1. The number of nitrogens with one attached hydrogen (secondary N) is 2. The quantitative estimate of drug-likeness (QED) is 0.0387. The minimum Gasteiger partial charge on any atom is -0.502 e. The van der Waals surface area contributed by atoms with Gasteiger partial charge < -0.3 is 41.3 Å². The highest BCUT2D eigenvalue weighted by atomic mass is 35.5. The van der Waals surface area contributed by atoms with E-state index < -0.39 is 110 Å². The minimum atomic E-state index is -1.49. The second-order valence-corrected chi connectivity index (χ2v) is 13.2. The van der Waals surface area contributed by atoms with Crippen molar-refractivity contribution < 1.29 is 49.8 Å². The molecule has 3 heterocycles. The van der Waals surface area contributed by atoms with E-state index in [1.807, 2.05) is 0 Å². The summed E-state index contributed by atoms with van der Waals surface area (Å²) in [5.74, 6) is -8.56. The van der Waals surface area contributed by atoms with Crippen LogP contribution in [0.5, 0.6) is 11.8 Å². The molecular formula is C39H30ClN13O12. The van der Waals surface area contributed by atoms with Crippen molar-refractivity contribution in [2.75, 3.05) is 17.2 Å². The van der Waals surface area contributed by atoms with Crippen molar-refractivity contribution in [2.45, 2.75) is 33.2 Å². The Bertz CT molecular complexity index is 3130. The maximum atomic E-state index is 13.9. The molecule has 0 atom stereocenters. The predicted octanol–water partition coefficient (Wildman–Crippen LogP) is 6.08. The molecule has 0 aliphatic carbocycles. The first kappa shape index (κ1) is 46.7. The van der Waals surface area contributed by atoms with Crippen LogP contribution in [0.15, 0.2) is 73.0 Å². The third-order valence-electron chi connectivity index (χ3n) is 9.06. The number of hydrogen-bond donors (Lipinski definition) is 8. The summed E-state index contributed by atoms with van der Waals surface area (Å²) >= 11 is 6.14. The molecule has 2 aromatic carbocycles. The molecular weight excluding hydrogens is 878 g/mol. The van der Waals surface area contributed by atoms with Crippen LogP contribution in [0.1, 0.15) is 72.0 Å². The van der Waals surface area contributed by atoms with Gasteiger partial charge in [-0.05, 0) is 66.4 Å². The zero-order valence-electron chi connectivity index (χ0n) is 33.4. The zero-order chi connectivity index (χ0) is 47.9. The van der Waals surface area contributed by atoms with Crippen LogP contribution in [-0.4, -0.2) is 85.1 Å². The first-order valence-electron chi connectivity index (χ1n) is 18.3. The van der Waals surface area contributed by atoms with Crippen molar-refractivity contribution in [3.8, 4) is 17.8 Å². The molecule has 5 rings (SSSR count). The number of carboxylic acids is 4. The molecule has 330 valence electrons. The topological polar surface area (TPSA) is 374 Å². The number of aromatic nitrogens is 5. The maximum Gasteiger partial charge on any atom is 0.337 e. The number of carbonyl (C=O) groups is 4. The van der Waals surface area contributed by atoms with Crippen LogP contribution in [0.4, 0.5) is 40.3 Å². The molecule has 0 spiro atoms. The summed E-state index contributed by atoms with van der Waals surface area (Å²) < 4.78 is 1.26. The number of halogens is 1. The smallest absolute Gasteiger partial charge is 0.337 e. The number of carboxylic acid groups (broad SMARTS) is 4. The zero-order valence-corrected chi connectivity index (χ0v) is 34.2. The van der Waals surface area contributed by atoms with Gasteiger partial charge in [0.05, 0.1) is 28.8 Å². The molecule has 0 saturated heterocycles. The Hall–Kier alpha value is -9.36. The molecule has 0 aliphatic heterocycles. The summed E-state index contributed by atoms with van der Waals surface area (Å²) in [5.41, 5.74) is -6.47. The lowest BCUT2D eigenvalue weighted by Crippen LogP contribution is -2.26. The molecule has 3 aromatic heterocycles. The largest absolute Gasteiger partial charge is 0.502 e. The average molecular weight is 908 g/mol. The fourth-order valence-corrected chi connectivity index (χ4v) is 6.18. The lowest BCUT2D eigenvalue weighted by Gasteiger charge is -2.17. The van der Waals surface area contributed by atoms with E-state index in [1.165, 1.54) is 6.92 Å². The van der Waals surface area contributed by atoms with Gasteiger partial charge in [0.1, 0.15) is 34.5 Å². The summed E-state index contributed by atoms with van der Waals surface area (Å²) in [7, 11) is 0. The maximum absolute atomic E-state index is 13.9. The van der Waals surface area contributed by atoms with E-state index in [0.29, 0.717) is 4.57 Å². The van der Waals surface area contributed by atoms with E-state index in [-0.39, 0.29) is 53.2 Å². The van der Waals surface area contributed by atoms with Gasteiger partial charge in [-0.2, -0.15) is 20.2 Å². The highest BCUT2D eigenvalue weighted by Gasteiger charge is 2.25. The van der Waals surface area contributed by atoms with Crippen LogP contribution >= 0.6 is 11.6 Å². The Balaban J connectivity index is 1.46. The van der Waals surface area contributed by atoms with Crippen molar-refractivity contribution in [2.24, 2.45) is 20.5 Å². The number of nitrogens with zero attached hydrogens (tertiary/aromatic N) is 11. The molecule has 5 aromatic rings. The van der Waals surface area contributed by atoms with Crippen LogP contribution < -0.4 is 21.8 Å². The van der Waals surface area contributed by atoms with E-state index >= 15 is 0 Å². The summed E-state index contributed by atoms with van der Waals surface area (Å²) in [6, 6.07) is 7.68. The number of pyridine rings is 2. The monoisotopic (exact) mass is 907 g/mol. The summed E-state index contributed by atoms with van der Waals surface area (Å²) in [4.78, 5) is 89.6. The predicted molar refractivity (Wildman–Crippen MR) is 226 cm³/mol. The Kier molecular flexibility index (Phi) is 14.1. The van der Waals surface area contributed by atoms with Gasteiger partial charge in [0.15, 0.2) is 5.69 Å². The van der Waals surface area contributed by atoms with Crippen LogP contribution in [0.2, 0.25) is 5.28 Å². The molecule has 0 saturated carbocycles. The van der Waals surface area contributed by atoms with Crippen LogP contribution in [0.3, 0.4) is 0 Å². The Morgan fingerprint density at radius 1 is 0.800 bits per heavy atom. The standard InChI is InChI=1S/C39H30ClN13O12/c1-5-19-23(15-41)29(54)52(30(55)27(19)50-48-24-13-17(33(58)59)7-9-21(24)35(62)63)12-11-43-38-45-37(40)46-39(47-38)44-16(3)53-31(56)26(42-4)20(6-2)28(32(53)57)51-49-25-14-18(34(60)61)8-10-22(25)36(64)65/h7-10,13-14,54,56H,3,5-6,11-12H2,1-2H3,(H,58,59)(H,60,61)(H,62,63)(H,64,65)(H2,43,44,45,46,47). The fourth-order valence-electron chi connectivity index (χ4n) is 6.02. The molecule has 0 amide bonds. The lowest BCUT2D eigenvalue weighted by molar-refractivity contribution is 0.0682. The van der Waals surface area contributed by atoms with Crippen molar-refractivity contribution in [3.05, 3.63) is 119 Å². The highest BCUT2D eigenvalue weighted by molar-refractivity contribution is 6.28. The van der Waals surface area contributed by atoms with Crippen molar-refractivity contribution in [1.82, 2.24) is 24.1 Å². The molecule has 25 nitrogen and oxygen atoms in total. The third-order valence-corrected chi connectivity index (χ3v) is 9.23. The van der Waals surface area contributed by atoms with E-state index in [4.69, 9.17) is 18.2 Å². The Morgan fingerprint density at radius 3 is 1.80 bits per heavy atom. The van der Waals surface area contributed by atoms with Gasteiger partial charge in [-0.15, -0.1) is 20.5 Å². The second kappa shape index (κ2) is 19.6. The van der Waals surface area contributed by atoms with Crippen molar-refractivity contribution in [1.29, 1.82) is 5.26 Å². The Morgan fingerprint density at radius 2 is 1.32 bits per heavy atom. The van der Waals surface area contributed by atoms with E-state index in [0.717, 1.165) is 41.0 Å². The molecule has 0 aliphatic rings. The summed E-state index contributed by atoms with van der Waals surface area (Å²) in [5, 5.41) is 90.2. The average Bonchev–Trinajstić information content (AvgIpc) is 3.25. The molecule has 26 heteroatoms. The molecule has 0 radical (unpaired) electrons. The number of benzene rings is 2.